The third-order valence-corrected chi connectivity index (χ3v) is 5.97. The molecule has 0 aliphatic rings. The standard InChI is InChI=1S/C24H24N2O5S/c1-17-4-6-18(7-5-17)8-15-24(27)25-19-9-12-21(13-10-19)32(28,29)26-22-16-20(30-2)11-14-23(22)31-3/h4-16,26H,1-3H3,(H,25,27)/b15-8+. The average molecular weight is 453 g/mol. The Kier molecular flexibility index (Phi) is 7.17. The van der Waals surface area contributed by atoms with Crippen molar-refractivity contribution in [2.24, 2.45) is 0 Å². The molecule has 32 heavy (non-hydrogen) atoms. The minimum absolute atomic E-state index is 0.0376. The largest absolute Gasteiger partial charge is 0.497 e. The van der Waals surface area contributed by atoms with Crippen molar-refractivity contribution in [1.82, 2.24) is 0 Å². The van der Waals surface area contributed by atoms with Gasteiger partial charge in [-0.2, -0.15) is 0 Å². The highest BCUT2D eigenvalue weighted by atomic mass is 32.2. The van der Waals surface area contributed by atoms with Crippen LogP contribution in [0.3, 0.4) is 0 Å². The normalized spacial score (nSPS) is 11.2. The van der Waals surface area contributed by atoms with E-state index in [4.69, 9.17) is 9.47 Å². The fourth-order valence-corrected chi connectivity index (χ4v) is 3.91. The third-order valence-electron chi connectivity index (χ3n) is 4.59. The first-order valence-electron chi connectivity index (χ1n) is 9.71. The van der Waals surface area contributed by atoms with E-state index in [1.807, 2.05) is 31.2 Å². The topological polar surface area (TPSA) is 93.7 Å². The number of rotatable bonds is 8. The molecule has 3 aromatic carbocycles. The number of anilines is 2. The lowest BCUT2D eigenvalue weighted by Crippen LogP contribution is -2.14. The minimum Gasteiger partial charge on any atom is -0.497 e. The number of amides is 1. The van der Waals surface area contributed by atoms with Crippen LogP contribution in [0.5, 0.6) is 11.5 Å². The summed E-state index contributed by atoms with van der Waals surface area (Å²) in [5.41, 5.74) is 2.78. The van der Waals surface area contributed by atoms with Gasteiger partial charge in [0.1, 0.15) is 11.5 Å². The van der Waals surface area contributed by atoms with Crippen LogP contribution in [-0.4, -0.2) is 28.5 Å². The van der Waals surface area contributed by atoms with E-state index >= 15 is 0 Å². The van der Waals surface area contributed by atoms with Gasteiger partial charge in [-0.1, -0.05) is 29.8 Å². The van der Waals surface area contributed by atoms with Crippen LogP contribution in [0.2, 0.25) is 0 Å². The average Bonchev–Trinajstić information content (AvgIpc) is 2.78. The number of ether oxygens (including phenoxy) is 2. The number of sulfonamides is 1. The number of methoxy groups -OCH3 is 2. The molecule has 0 heterocycles. The lowest BCUT2D eigenvalue weighted by Gasteiger charge is -2.13. The van der Waals surface area contributed by atoms with Gasteiger partial charge in [-0.3, -0.25) is 9.52 Å². The Balaban J connectivity index is 1.69. The van der Waals surface area contributed by atoms with Crippen molar-refractivity contribution in [2.75, 3.05) is 24.3 Å². The molecule has 0 aliphatic carbocycles. The molecule has 1 amide bonds. The number of nitrogens with one attached hydrogen (secondary N) is 2. The monoisotopic (exact) mass is 452 g/mol. The molecule has 3 rings (SSSR count). The van der Waals surface area contributed by atoms with Crippen LogP contribution in [0.1, 0.15) is 11.1 Å². The minimum atomic E-state index is -3.88. The highest BCUT2D eigenvalue weighted by Gasteiger charge is 2.17. The van der Waals surface area contributed by atoms with Crippen LogP contribution >= 0.6 is 0 Å². The summed E-state index contributed by atoms with van der Waals surface area (Å²) >= 11 is 0. The summed E-state index contributed by atoms with van der Waals surface area (Å²) in [4.78, 5) is 12.2. The first-order valence-corrected chi connectivity index (χ1v) is 11.2. The Labute approximate surface area is 187 Å². The number of carbonyl (C=O) groups is 1. The molecule has 0 aliphatic heterocycles. The van der Waals surface area contributed by atoms with Crippen LogP contribution in [0, 0.1) is 6.92 Å². The van der Waals surface area contributed by atoms with Crippen LogP contribution in [0.25, 0.3) is 6.08 Å². The Morgan fingerprint density at radius 2 is 1.59 bits per heavy atom. The van der Waals surface area contributed by atoms with Crippen molar-refractivity contribution in [3.05, 3.63) is 83.9 Å². The van der Waals surface area contributed by atoms with Crippen molar-refractivity contribution in [2.45, 2.75) is 11.8 Å². The van der Waals surface area contributed by atoms with E-state index < -0.39 is 10.0 Å². The van der Waals surface area contributed by atoms with Crippen LogP contribution in [-0.2, 0) is 14.8 Å². The van der Waals surface area contributed by atoms with Crippen molar-refractivity contribution >= 4 is 33.4 Å². The number of carbonyl (C=O) groups excluding carboxylic acids is 1. The quantitative estimate of drug-likeness (QED) is 0.492. The smallest absolute Gasteiger partial charge is 0.262 e. The molecule has 0 radical (unpaired) electrons. The number of hydrogen-bond acceptors (Lipinski definition) is 5. The van der Waals surface area contributed by atoms with Crippen LogP contribution in [0.15, 0.2) is 77.7 Å². The van der Waals surface area contributed by atoms with Crippen LogP contribution in [0.4, 0.5) is 11.4 Å². The van der Waals surface area contributed by atoms with Gasteiger partial charge in [0, 0.05) is 17.8 Å². The highest BCUT2D eigenvalue weighted by Crippen LogP contribution is 2.31. The van der Waals surface area contributed by atoms with Gasteiger partial charge in [-0.25, -0.2) is 8.42 Å². The summed E-state index contributed by atoms with van der Waals surface area (Å²) in [5.74, 6) is 0.527. The molecular formula is C24H24N2O5S. The maximum atomic E-state index is 12.8. The molecule has 0 unspecified atom stereocenters. The van der Waals surface area contributed by atoms with Crippen molar-refractivity contribution in [1.29, 1.82) is 0 Å². The molecule has 0 saturated carbocycles. The molecule has 0 spiro atoms. The lowest BCUT2D eigenvalue weighted by atomic mass is 10.1. The first-order chi connectivity index (χ1) is 15.3. The molecule has 2 N–H and O–H groups in total. The second-order valence-electron chi connectivity index (χ2n) is 6.93. The predicted octanol–water partition coefficient (Wildman–Crippen LogP) is 4.46. The van der Waals surface area contributed by atoms with E-state index in [1.54, 1.807) is 18.2 Å². The first kappa shape index (κ1) is 22.9. The number of benzene rings is 3. The maximum absolute atomic E-state index is 12.8. The summed E-state index contributed by atoms with van der Waals surface area (Å²) in [6, 6.07) is 18.4. The Morgan fingerprint density at radius 1 is 0.906 bits per heavy atom. The summed E-state index contributed by atoms with van der Waals surface area (Å²) in [7, 11) is -0.940. The van der Waals surface area contributed by atoms with Crippen LogP contribution < -0.4 is 19.5 Å². The van der Waals surface area contributed by atoms with Gasteiger partial charge in [0.2, 0.25) is 5.91 Å². The molecule has 0 bridgehead atoms. The van der Waals surface area contributed by atoms with E-state index in [2.05, 4.69) is 10.0 Å². The van der Waals surface area contributed by atoms with E-state index in [0.29, 0.717) is 17.2 Å². The third kappa shape index (κ3) is 5.89. The molecule has 0 aromatic heterocycles. The van der Waals surface area contributed by atoms with Gasteiger partial charge in [-0.05, 0) is 55.0 Å². The molecule has 3 aromatic rings. The zero-order valence-corrected chi connectivity index (χ0v) is 18.8. The molecule has 8 heteroatoms. The Hall–Kier alpha value is -3.78. The maximum Gasteiger partial charge on any atom is 0.262 e. The summed E-state index contributed by atoms with van der Waals surface area (Å²) in [6.45, 7) is 1.99. The zero-order valence-electron chi connectivity index (χ0n) is 18.0. The van der Waals surface area contributed by atoms with Gasteiger partial charge in [0.25, 0.3) is 10.0 Å². The number of aryl methyl sites for hydroxylation is 1. The molecule has 0 fully saturated rings. The zero-order chi connectivity index (χ0) is 23.1. The van der Waals surface area contributed by atoms with E-state index in [0.717, 1.165) is 11.1 Å². The number of hydrogen-bond donors (Lipinski definition) is 2. The van der Waals surface area contributed by atoms with Gasteiger partial charge < -0.3 is 14.8 Å². The molecular weight excluding hydrogens is 428 g/mol. The van der Waals surface area contributed by atoms with E-state index in [1.165, 1.54) is 50.6 Å². The summed E-state index contributed by atoms with van der Waals surface area (Å²) in [5, 5.41) is 2.71. The SMILES string of the molecule is COc1ccc(OC)c(NS(=O)(=O)c2ccc(NC(=O)/C=C/c3ccc(C)cc3)cc2)c1. The van der Waals surface area contributed by atoms with Gasteiger partial charge in [0.05, 0.1) is 24.8 Å². The lowest BCUT2D eigenvalue weighted by molar-refractivity contribution is -0.111. The summed E-state index contributed by atoms with van der Waals surface area (Å²) < 4.78 is 38.4. The van der Waals surface area contributed by atoms with E-state index in [-0.39, 0.29) is 16.5 Å². The Morgan fingerprint density at radius 3 is 2.22 bits per heavy atom. The van der Waals surface area contributed by atoms with Crippen molar-refractivity contribution < 1.29 is 22.7 Å². The highest BCUT2D eigenvalue weighted by molar-refractivity contribution is 7.92. The fourth-order valence-electron chi connectivity index (χ4n) is 2.85. The van der Waals surface area contributed by atoms with E-state index in [9.17, 15) is 13.2 Å². The van der Waals surface area contributed by atoms with Gasteiger partial charge in [-0.15, -0.1) is 0 Å². The molecule has 0 saturated heterocycles. The second kappa shape index (κ2) is 10.0. The fraction of sp³-hybridized carbons (Fsp3) is 0.125. The summed E-state index contributed by atoms with van der Waals surface area (Å²) in [6.07, 6.45) is 3.13. The van der Waals surface area contributed by atoms with Gasteiger partial charge in [0.15, 0.2) is 0 Å². The van der Waals surface area contributed by atoms with Crippen molar-refractivity contribution in [3.63, 3.8) is 0 Å². The predicted molar refractivity (Wildman–Crippen MR) is 126 cm³/mol. The molecule has 166 valence electrons. The second-order valence-corrected chi connectivity index (χ2v) is 8.61. The Bertz CT molecular complexity index is 1220. The molecule has 0 atom stereocenters. The molecule has 7 nitrogen and oxygen atoms in total. The van der Waals surface area contributed by atoms with Gasteiger partial charge >= 0.3 is 0 Å². The van der Waals surface area contributed by atoms with Crippen molar-refractivity contribution in [3.8, 4) is 11.5 Å².